The van der Waals surface area contributed by atoms with E-state index in [1.165, 1.54) is 22.7 Å². The minimum absolute atomic E-state index is 0.238. The summed E-state index contributed by atoms with van der Waals surface area (Å²) in [6.45, 7) is 1.79. The fourth-order valence-corrected chi connectivity index (χ4v) is 6.11. The number of furan rings is 1. The van der Waals surface area contributed by atoms with Gasteiger partial charge in [0.1, 0.15) is 26.2 Å². The topological polar surface area (TPSA) is 127 Å². The Morgan fingerprint density at radius 1 is 1.16 bits per heavy atom. The van der Waals surface area contributed by atoms with Gasteiger partial charge in [-0.05, 0) is 43.2 Å². The molecule has 9 nitrogen and oxygen atoms in total. The van der Waals surface area contributed by atoms with Crippen molar-refractivity contribution in [1.29, 1.82) is 0 Å². The van der Waals surface area contributed by atoms with E-state index in [-0.39, 0.29) is 5.76 Å². The number of carbonyl (C=O) groups is 2. The summed E-state index contributed by atoms with van der Waals surface area (Å²) in [7, 11) is 0. The number of aliphatic carboxylic acids is 1. The number of ether oxygens (including phenoxy) is 1. The van der Waals surface area contributed by atoms with Crippen molar-refractivity contribution in [3.63, 3.8) is 0 Å². The molecule has 2 N–H and O–H groups in total. The van der Waals surface area contributed by atoms with Crippen molar-refractivity contribution < 1.29 is 23.8 Å². The second kappa shape index (κ2) is 8.99. The first-order chi connectivity index (χ1) is 17.9. The Labute approximate surface area is 218 Å². The van der Waals surface area contributed by atoms with Crippen LogP contribution >= 0.6 is 22.7 Å². The van der Waals surface area contributed by atoms with Gasteiger partial charge in [-0.1, -0.05) is 41.7 Å². The molecule has 4 heterocycles. The number of carboxylic acid groups (broad SMARTS) is 1. The monoisotopic (exact) mass is 530 g/mol. The zero-order valence-electron chi connectivity index (χ0n) is 19.3. The fourth-order valence-electron chi connectivity index (χ4n) is 3.90. The minimum Gasteiger partial charge on any atom is -0.481 e. The molecule has 5 aromatic rings. The average Bonchev–Trinajstić information content (AvgIpc) is 3.33. The molecule has 1 saturated carbocycles. The number of amides is 1. The van der Waals surface area contributed by atoms with E-state index in [1.54, 1.807) is 25.4 Å². The summed E-state index contributed by atoms with van der Waals surface area (Å²) >= 11 is 2.69. The second-order valence-electron chi connectivity index (χ2n) is 8.55. The van der Waals surface area contributed by atoms with Crippen LogP contribution < -0.4 is 5.32 Å². The highest BCUT2D eigenvalue weighted by Gasteiger charge is 2.54. The smallest absolute Gasteiger partial charge is 0.412 e. The molecule has 1 atom stereocenters. The molecule has 1 aromatic carbocycles. The molecule has 1 aliphatic rings. The number of pyridine rings is 1. The lowest BCUT2D eigenvalue weighted by atomic mass is 10.1. The van der Waals surface area contributed by atoms with Gasteiger partial charge in [0.2, 0.25) is 5.76 Å². The van der Waals surface area contributed by atoms with E-state index in [0.717, 1.165) is 9.58 Å². The molecule has 1 unspecified atom stereocenters. The third-order valence-corrected chi connectivity index (χ3v) is 8.40. The van der Waals surface area contributed by atoms with Gasteiger partial charge >= 0.3 is 12.1 Å². The molecule has 0 saturated heterocycles. The Kier molecular flexibility index (Phi) is 5.62. The normalized spacial score (nSPS) is 14.6. The number of rotatable bonds is 5. The van der Waals surface area contributed by atoms with Gasteiger partial charge in [-0.25, -0.2) is 14.8 Å². The first kappa shape index (κ1) is 23.1. The predicted molar refractivity (Wildman–Crippen MR) is 139 cm³/mol. The molecule has 184 valence electrons. The Balaban J connectivity index is 1.26. The van der Waals surface area contributed by atoms with Gasteiger partial charge in [-0.15, -0.1) is 11.3 Å². The number of aromatic nitrogens is 3. The molecular formula is C26H18N4O5S2. The Hall–Kier alpha value is -4.27. The highest BCUT2D eigenvalue weighted by Crippen LogP contribution is 2.51. The molecule has 0 bridgehead atoms. The predicted octanol–water partition coefficient (Wildman–Crippen LogP) is 5.72. The molecule has 0 aliphatic heterocycles. The van der Waals surface area contributed by atoms with Gasteiger partial charge in [0.05, 0.1) is 6.20 Å². The van der Waals surface area contributed by atoms with Crippen LogP contribution in [0, 0.1) is 11.8 Å². The van der Waals surface area contributed by atoms with E-state index in [0.29, 0.717) is 45.2 Å². The lowest BCUT2D eigenvalue weighted by molar-refractivity contribution is -0.140. The maximum absolute atomic E-state index is 12.7. The van der Waals surface area contributed by atoms with E-state index in [9.17, 15) is 14.7 Å². The maximum atomic E-state index is 12.7. The second-order valence-corrected chi connectivity index (χ2v) is 10.8. The van der Waals surface area contributed by atoms with E-state index < -0.39 is 23.6 Å². The number of hydrogen-bond acceptors (Lipinski definition) is 9. The van der Waals surface area contributed by atoms with Crippen molar-refractivity contribution in [2.45, 2.75) is 31.3 Å². The number of fused-ring (bicyclic) bond motifs is 2. The summed E-state index contributed by atoms with van der Waals surface area (Å²) in [4.78, 5) is 37.3. The molecule has 0 spiro atoms. The van der Waals surface area contributed by atoms with Crippen LogP contribution in [0.5, 0.6) is 0 Å². The van der Waals surface area contributed by atoms with Crippen LogP contribution in [-0.2, 0) is 14.9 Å². The van der Waals surface area contributed by atoms with Gasteiger partial charge in [0, 0.05) is 11.6 Å². The number of nitrogens with zero attached hydrogens (tertiary/aromatic N) is 3. The molecule has 4 aromatic heterocycles. The Morgan fingerprint density at radius 2 is 1.97 bits per heavy atom. The lowest BCUT2D eigenvalue weighted by Gasteiger charge is -2.14. The number of thiazole rings is 2. The van der Waals surface area contributed by atoms with Crippen LogP contribution in [0.1, 0.15) is 47.2 Å². The van der Waals surface area contributed by atoms with Crippen molar-refractivity contribution in [3.05, 3.63) is 70.1 Å². The summed E-state index contributed by atoms with van der Waals surface area (Å²) in [6.07, 6.45) is 3.24. The number of benzene rings is 1. The molecule has 1 aliphatic carbocycles. The van der Waals surface area contributed by atoms with Gasteiger partial charge in [-0.3, -0.25) is 15.1 Å². The first-order valence-corrected chi connectivity index (χ1v) is 13.0. The highest BCUT2D eigenvalue weighted by atomic mass is 32.2. The van der Waals surface area contributed by atoms with Crippen LogP contribution in [0.4, 0.5) is 10.5 Å². The van der Waals surface area contributed by atoms with E-state index >= 15 is 0 Å². The summed E-state index contributed by atoms with van der Waals surface area (Å²) in [5.74, 6) is 5.32. The van der Waals surface area contributed by atoms with E-state index in [1.807, 2.05) is 30.3 Å². The largest absolute Gasteiger partial charge is 0.481 e. The van der Waals surface area contributed by atoms with Crippen LogP contribution in [0.25, 0.3) is 20.6 Å². The minimum atomic E-state index is -0.855. The molecule has 1 amide bonds. The molecule has 11 heteroatoms. The quantitative estimate of drug-likeness (QED) is 0.276. The Morgan fingerprint density at radius 3 is 2.70 bits per heavy atom. The SMILES string of the molecule is CC(OC(=O)Nc1c(C#Cc2nc3nc(C4(C(=O)O)CC4)sc3s2)oc2cnccc12)c1ccccc1. The van der Waals surface area contributed by atoms with Crippen LogP contribution in [0.2, 0.25) is 0 Å². The molecule has 1 fully saturated rings. The molecule has 0 radical (unpaired) electrons. The zero-order chi connectivity index (χ0) is 25.6. The van der Waals surface area contributed by atoms with E-state index in [2.05, 4.69) is 32.1 Å². The van der Waals surface area contributed by atoms with E-state index in [4.69, 9.17) is 9.15 Å². The van der Waals surface area contributed by atoms with Crippen molar-refractivity contribution in [2.24, 2.45) is 0 Å². The lowest BCUT2D eigenvalue weighted by Crippen LogP contribution is -2.18. The van der Waals surface area contributed by atoms with Gasteiger partial charge < -0.3 is 14.3 Å². The van der Waals surface area contributed by atoms with Crippen LogP contribution in [-0.4, -0.2) is 32.1 Å². The van der Waals surface area contributed by atoms with Crippen molar-refractivity contribution in [3.8, 4) is 11.8 Å². The van der Waals surface area contributed by atoms with Gasteiger partial charge in [-0.2, -0.15) is 0 Å². The number of nitrogens with one attached hydrogen (secondary N) is 1. The van der Waals surface area contributed by atoms with Crippen LogP contribution in [0.15, 0.2) is 53.2 Å². The average molecular weight is 531 g/mol. The number of hydrogen-bond donors (Lipinski definition) is 2. The Bertz CT molecular complexity index is 1690. The van der Waals surface area contributed by atoms with Gasteiger partial charge in [0.25, 0.3) is 0 Å². The molecule has 37 heavy (non-hydrogen) atoms. The third kappa shape index (κ3) is 4.30. The van der Waals surface area contributed by atoms with Gasteiger partial charge in [0.15, 0.2) is 16.2 Å². The van der Waals surface area contributed by atoms with Crippen molar-refractivity contribution in [1.82, 2.24) is 15.0 Å². The summed E-state index contributed by atoms with van der Waals surface area (Å²) in [6, 6.07) is 11.2. The fraction of sp³-hybridized carbons (Fsp3) is 0.192. The third-order valence-electron chi connectivity index (χ3n) is 6.10. The standard InChI is InChI=1S/C26H18N4O5S2/c1-14(15-5-3-2-4-6-15)34-25(33)29-20-16-9-12-27-13-18(16)35-17(20)7-8-19-28-21-22(36-19)37-23(30-21)26(10-11-26)24(31)32/h2-6,9,12-14H,10-11H2,1H3,(H,29,33)(H,31,32). The maximum Gasteiger partial charge on any atom is 0.412 e. The number of carboxylic acids is 1. The zero-order valence-corrected chi connectivity index (χ0v) is 21.0. The summed E-state index contributed by atoms with van der Waals surface area (Å²) < 4.78 is 12.2. The number of anilines is 1. The summed E-state index contributed by atoms with van der Waals surface area (Å²) in [5, 5.41) is 14.0. The molecule has 6 rings (SSSR count). The highest BCUT2D eigenvalue weighted by molar-refractivity contribution is 7.38. The van der Waals surface area contributed by atoms with Crippen molar-refractivity contribution >= 4 is 61.1 Å². The summed E-state index contributed by atoms with van der Waals surface area (Å²) in [5.41, 5.74) is 1.36. The van der Waals surface area contributed by atoms with Crippen LogP contribution in [0.3, 0.4) is 0 Å². The first-order valence-electron chi connectivity index (χ1n) is 11.4. The molecular weight excluding hydrogens is 512 g/mol. The number of carbonyl (C=O) groups excluding carboxylic acids is 1. The van der Waals surface area contributed by atoms with Crippen molar-refractivity contribution in [2.75, 3.05) is 5.32 Å².